The van der Waals surface area contributed by atoms with Crippen LogP contribution in [0.5, 0.6) is 23.0 Å². The monoisotopic (exact) mass is 845 g/mol. The fraction of sp³-hybridized carbons (Fsp3) is 0.333. The molecule has 2 aliphatic heterocycles. The van der Waals surface area contributed by atoms with Crippen molar-refractivity contribution in [3.8, 4) is 34.1 Å². The summed E-state index contributed by atoms with van der Waals surface area (Å²) < 4.78 is 59.2. The molecule has 0 spiro atoms. The highest BCUT2D eigenvalue weighted by Crippen LogP contribution is 2.50. The molecule has 5 aromatic rings. The molecule has 1 saturated heterocycles. The summed E-state index contributed by atoms with van der Waals surface area (Å²) in [5.74, 6) is 0.830. The average molecular weight is 846 g/mol. The number of carbonyl (C=O) groups excluding carboxylic acids is 2. The standard InChI is InChI=1S/C48H51N3O9S/c1-56-25-13-12-24-48(40-18-8-10-20-42(40)60-43-21-11-9-19-41(43)48)31-49-46(52)32-26-33(50-61(54,55)34-22-23-44(57-2)45(27-34)58-3)29-51(28-32)47(53)59-30-39-37-16-6-4-14-35(37)36-15-5-7-17-38(36)39/h4-11,14-23,27,32-33,39,50H,12-13,24-26,28-31H2,1-3H3,(H,49,52)/t32-,33+/m0/s1. The summed E-state index contributed by atoms with van der Waals surface area (Å²) >= 11 is 0. The van der Waals surface area contributed by atoms with Crippen molar-refractivity contribution in [2.75, 3.05) is 54.2 Å². The maximum absolute atomic E-state index is 14.6. The Hall–Kier alpha value is -5.89. The Balaban J connectivity index is 1.06. The van der Waals surface area contributed by atoms with E-state index in [1.54, 1.807) is 7.11 Å². The van der Waals surface area contributed by atoms with Gasteiger partial charge in [-0.3, -0.25) is 4.79 Å². The molecular formula is C48H51N3O9S. The molecule has 8 rings (SSSR count). The highest BCUT2D eigenvalue weighted by molar-refractivity contribution is 7.89. The van der Waals surface area contributed by atoms with Gasteiger partial charge in [0.15, 0.2) is 11.5 Å². The summed E-state index contributed by atoms with van der Waals surface area (Å²) in [6, 6.07) is 35.5. The minimum atomic E-state index is -4.15. The van der Waals surface area contributed by atoms with Gasteiger partial charge in [0, 0.05) is 67.9 Å². The van der Waals surface area contributed by atoms with Gasteiger partial charge in [0.2, 0.25) is 15.9 Å². The second-order valence-electron chi connectivity index (χ2n) is 15.8. The Kier molecular flexibility index (Phi) is 12.3. The molecule has 2 atom stereocenters. The van der Waals surface area contributed by atoms with E-state index < -0.39 is 33.5 Å². The van der Waals surface area contributed by atoms with Gasteiger partial charge >= 0.3 is 6.09 Å². The number of benzene rings is 5. The number of nitrogens with zero attached hydrogens (tertiary/aromatic N) is 1. The number of nitrogens with one attached hydrogen (secondary N) is 2. The Morgan fingerprint density at radius 2 is 1.39 bits per heavy atom. The lowest BCUT2D eigenvalue weighted by molar-refractivity contribution is -0.127. The second kappa shape index (κ2) is 18.0. The van der Waals surface area contributed by atoms with Crippen LogP contribution in [0.1, 0.15) is 53.9 Å². The number of ether oxygens (including phenoxy) is 5. The average Bonchev–Trinajstić information content (AvgIpc) is 3.61. The minimum Gasteiger partial charge on any atom is -0.493 e. The summed E-state index contributed by atoms with van der Waals surface area (Å²) in [5.41, 5.74) is 5.65. The Labute approximate surface area is 357 Å². The van der Waals surface area contributed by atoms with Crippen molar-refractivity contribution in [3.05, 3.63) is 138 Å². The third kappa shape index (κ3) is 8.42. The zero-order chi connectivity index (χ0) is 42.6. The van der Waals surface area contributed by atoms with Gasteiger partial charge in [-0.05, 0) is 72.2 Å². The third-order valence-electron chi connectivity index (χ3n) is 12.2. The maximum Gasteiger partial charge on any atom is 0.409 e. The zero-order valence-electron chi connectivity index (χ0n) is 34.6. The number of hydrogen-bond donors (Lipinski definition) is 2. The molecule has 0 unspecified atom stereocenters. The zero-order valence-corrected chi connectivity index (χ0v) is 35.4. The molecule has 0 saturated carbocycles. The molecule has 12 nitrogen and oxygen atoms in total. The fourth-order valence-electron chi connectivity index (χ4n) is 9.25. The number of methoxy groups -OCH3 is 3. The molecule has 5 aromatic carbocycles. The highest BCUT2D eigenvalue weighted by atomic mass is 32.2. The second-order valence-corrected chi connectivity index (χ2v) is 17.5. The smallest absolute Gasteiger partial charge is 0.409 e. The van der Waals surface area contributed by atoms with Crippen LogP contribution in [0.4, 0.5) is 4.79 Å². The number of hydrogen-bond acceptors (Lipinski definition) is 9. The van der Waals surface area contributed by atoms with Gasteiger partial charge in [0.25, 0.3) is 0 Å². The quantitative estimate of drug-likeness (QED) is 0.102. The molecule has 2 amide bonds. The van der Waals surface area contributed by atoms with Crippen LogP contribution < -0.4 is 24.2 Å². The van der Waals surface area contributed by atoms with E-state index >= 15 is 0 Å². The Morgan fingerprint density at radius 1 is 0.770 bits per heavy atom. The van der Waals surface area contributed by atoms with Gasteiger partial charge in [-0.15, -0.1) is 0 Å². The van der Waals surface area contributed by atoms with E-state index in [0.717, 1.165) is 57.7 Å². The number of carbonyl (C=O) groups is 2. The predicted molar refractivity (Wildman–Crippen MR) is 231 cm³/mol. The normalized spacial score (nSPS) is 17.5. The maximum atomic E-state index is 14.6. The first-order valence-electron chi connectivity index (χ1n) is 20.6. The minimum absolute atomic E-state index is 0.00546. The molecule has 2 heterocycles. The number of amides is 2. The lowest BCUT2D eigenvalue weighted by Gasteiger charge is -2.41. The molecule has 1 fully saturated rings. The number of unbranched alkanes of at least 4 members (excludes halogenated alkanes) is 1. The molecule has 13 heteroatoms. The van der Waals surface area contributed by atoms with E-state index in [-0.39, 0.29) is 55.1 Å². The first-order chi connectivity index (χ1) is 29.7. The van der Waals surface area contributed by atoms with Crippen molar-refractivity contribution in [3.63, 3.8) is 0 Å². The van der Waals surface area contributed by atoms with E-state index in [9.17, 15) is 18.0 Å². The van der Waals surface area contributed by atoms with E-state index in [1.165, 1.54) is 37.3 Å². The molecule has 61 heavy (non-hydrogen) atoms. The summed E-state index contributed by atoms with van der Waals surface area (Å²) in [4.78, 5) is 30.1. The third-order valence-corrected chi connectivity index (χ3v) is 13.7. The highest BCUT2D eigenvalue weighted by Gasteiger charge is 2.43. The lowest BCUT2D eigenvalue weighted by Crippen LogP contribution is -2.56. The van der Waals surface area contributed by atoms with Crippen molar-refractivity contribution >= 4 is 22.0 Å². The number of fused-ring (bicyclic) bond motifs is 5. The van der Waals surface area contributed by atoms with Gasteiger partial charge in [-0.25, -0.2) is 17.9 Å². The van der Waals surface area contributed by atoms with Gasteiger partial charge < -0.3 is 33.9 Å². The first-order valence-corrected chi connectivity index (χ1v) is 22.1. The molecule has 3 aliphatic rings. The van der Waals surface area contributed by atoms with Crippen molar-refractivity contribution in [2.45, 2.75) is 48.0 Å². The summed E-state index contributed by atoms with van der Waals surface area (Å²) in [5, 5.41) is 3.27. The van der Waals surface area contributed by atoms with Crippen LogP contribution in [0.2, 0.25) is 0 Å². The van der Waals surface area contributed by atoms with Crippen molar-refractivity contribution in [2.24, 2.45) is 5.92 Å². The van der Waals surface area contributed by atoms with Crippen LogP contribution in [0.15, 0.2) is 120 Å². The molecule has 0 bridgehead atoms. The van der Waals surface area contributed by atoms with E-state index in [4.69, 9.17) is 23.7 Å². The van der Waals surface area contributed by atoms with Crippen molar-refractivity contribution in [1.29, 1.82) is 0 Å². The Bertz CT molecular complexity index is 2420. The topological polar surface area (TPSA) is 142 Å². The molecule has 0 radical (unpaired) electrons. The summed E-state index contributed by atoms with van der Waals surface area (Å²) in [6.45, 7) is 0.966. The molecule has 0 aromatic heterocycles. The number of rotatable bonds is 15. The molecular weight excluding hydrogens is 795 g/mol. The van der Waals surface area contributed by atoms with Crippen LogP contribution in [-0.4, -0.2) is 85.5 Å². The summed E-state index contributed by atoms with van der Waals surface area (Å²) in [7, 11) is 0.438. The number of piperidine rings is 1. The van der Waals surface area contributed by atoms with Gasteiger partial charge in [0.1, 0.15) is 18.1 Å². The van der Waals surface area contributed by atoms with Crippen molar-refractivity contribution in [1.82, 2.24) is 14.9 Å². The Morgan fingerprint density at radius 3 is 2.03 bits per heavy atom. The van der Waals surface area contributed by atoms with Gasteiger partial charge in [0.05, 0.1) is 25.0 Å². The largest absolute Gasteiger partial charge is 0.493 e. The van der Waals surface area contributed by atoms with E-state index in [0.29, 0.717) is 18.8 Å². The summed E-state index contributed by atoms with van der Waals surface area (Å²) in [6.07, 6.45) is 1.88. The lowest BCUT2D eigenvalue weighted by atomic mass is 9.69. The number of para-hydroxylation sites is 2. The molecule has 2 N–H and O–H groups in total. The predicted octanol–water partition coefficient (Wildman–Crippen LogP) is 7.65. The van der Waals surface area contributed by atoms with Crippen LogP contribution >= 0.6 is 0 Å². The van der Waals surface area contributed by atoms with Gasteiger partial charge in [-0.2, -0.15) is 0 Å². The SMILES string of the molecule is COCCCCC1(CNC(=O)[C@H]2C[C@@H](NS(=O)(=O)c3ccc(OC)c(OC)c3)CN(C(=O)OCC3c4ccccc4-c4ccccc43)C2)c2ccccc2Oc2ccccc21. The van der Waals surface area contributed by atoms with Crippen LogP contribution in [-0.2, 0) is 29.7 Å². The molecule has 1 aliphatic carbocycles. The van der Waals surface area contributed by atoms with Crippen molar-refractivity contribution < 1.29 is 41.7 Å². The fourth-order valence-corrected chi connectivity index (χ4v) is 10.5. The molecule has 318 valence electrons. The number of sulfonamides is 1. The van der Waals surface area contributed by atoms with Crippen LogP contribution in [0.25, 0.3) is 11.1 Å². The number of likely N-dealkylation sites (tertiary alicyclic amines) is 1. The van der Waals surface area contributed by atoms with Crippen LogP contribution in [0.3, 0.4) is 0 Å². The van der Waals surface area contributed by atoms with E-state index in [2.05, 4.69) is 22.2 Å². The van der Waals surface area contributed by atoms with E-state index in [1.807, 2.05) is 84.9 Å². The van der Waals surface area contributed by atoms with Crippen LogP contribution in [0, 0.1) is 5.92 Å². The first kappa shape index (κ1) is 41.8. The van der Waals surface area contributed by atoms with Gasteiger partial charge in [-0.1, -0.05) is 84.9 Å².